The molecule has 2 aliphatic rings. The fraction of sp³-hybridized carbons (Fsp3) is 1.00. The van der Waals surface area contributed by atoms with Crippen LogP contribution in [0.5, 0.6) is 0 Å². The Morgan fingerprint density at radius 2 is 1.17 bits per heavy atom. The van der Waals surface area contributed by atoms with Crippen LogP contribution >= 0.6 is 0 Å². The summed E-state index contributed by atoms with van der Waals surface area (Å²) in [5.74, 6) is 2.27. The van der Waals surface area contributed by atoms with Gasteiger partial charge in [-0.15, -0.1) is 0 Å². The van der Waals surface area contributed by atoms with E-state index in [1.54, 1.807) is 0 Å². The van der Waals surface area contributed by atoms with E-state index >= 15 is 0 Å². The van der Waals surface area contributed by atoms with Crippen molar-refractivity contribution in [1.82, 2.24) is 0 Å². The molecule has 0 bridgehead atoms. The first kappa shape index (κ1) is 19.2. The van der Waals surface area contributed by atoms with Crippen molar-refractivity contribution >= 4 is 0 Å². The van der Waals surface area contributed by atoms with Crippen molar-refractivity contribution in [3.8, 4) is 0 Å². The van der Waals surface area contributed by atoms with Crippen LogP contribution in [0.2, 0.25) is 0 Å². The molecule has 0 aromatic carbocycles. The molecule has 2 rings (SSSR count). The molecule has 0 aliphatic heterocycles. The normalized spacial score (nSPS) is 35.0. The van der Waals surface area contributed by atoms with Crippen LogP contribution in [-0.4, -0.2) is 24.7 Å². The van der Waals surface area contributed by atoms with Crippen molar-refractivity contribution < 1.29 is 0 Å². The molecule has 4 nitrogen and oxygen atoms in total. The molecule has 0 saturated heterocycles. The minimum absolute atomic E-state index is 0.353. The third kappa shape index (κ3) is 6.00. The maximum atomic E-state index is 6.74. The molecule has 1 atom stereocenters. The van der Waals surface area contributed by atoms with Gasteiger partial charge in [-0.05, 0) is 88.5 Å². The molecule has 0 aromatic heterocycles. The predicted octanol–water partition coefficient (Wildman–Crippen LogP) is 2.48. The fourth-order valence-electron chi connectivity index (χ4n) is 5.04. The number of hydrogen-bond acceptors (Lipinski definition) is 4. The van der Waals surface area contributed by atoms with Crippen LogP contribution in [0.15, 0.2) is 0 Å². The van der Waals surface area contributed by atoms with Crippen LogP contribution in [-0.2, 0) is 0 Å². The smallest absolute Gasteiger partial charge is 0.00724 e. The lowest BCUT2D eigenvalue weighted by molar-refractivity contribution is 0.105. The van der Waals surface area contributed by atoms with E-state index < -0.39 is 0 Å². The molecule has 2 fully saturated rings. The second-order valence-electron chi connectivity index (χ2n) is 8.23. The minimum atomic E-state index is 0.353. The Balaban J connectivity index is 1.92. The Hall–Kier alpha value is -0.160. The van der Waals surface area contributed by atoms with Crippen LogP contribution < -0.4 is 22.9 Å². The summed E-state index contributed by atoms with van der Waals surface area (Å²) in [5, 5.41) is 0. The molecule has 2 saturated carbocycles. The van der Waals surface area contributed by atoms with Crippen molar-refractivity contribution in [3.05, 3.63) is 0 Å². The number of hydrogen-bond donors (Lipinski definition) is 4. The van der Waals surface area contributed by atoms with E-state index in [9.17, 15) is 0 Å². The molecule has 136 valence electrons. The van der Waals surface area contributed by atoms with Crippen molar-refractivity contribution in [2.24, 2.45) is 40.7 Å². The maximum absolute atomic E-state index is 6.74. The third-order valence-electron chi connectivity index (χ3n) is 6.46. The van der Waals surface area contributed by atoms with E-state index in [1.807, 2.05) is 0 Å². The summed E-state index contributed by atoms with van der Waals surface area (Å²) in [6.45, 7) is 0.805. The highest BCUT2D eigenvalue weighted by Crippen LogP contribution is 2.41. The quantitative estimate of drug-likeness (QED) is 0.515. The van der Waals surface area contributed by atoms with Gasteiger partial charge in [0.2, 0.25) is 0 Å². The van der Waals surface area contributed by atoms with Crippen LogP contribution in [0.25, 0.3) is 0 Å². The van der Waals surface area contributed by atoms with E-state index in [1.165, 1.54) is 64.2 Å². The largest absolute Gasteiger partial charge is 0.330 e. The van der Waals surface area contributed by atoms with E-state index in [2.05, 4.69) is 0 Å². The summed E-state index contributed by atoms with van der Waals surface area (Å²) in [5.41, 5.74) is 24.6. The second kappa shape index (κ2) is 9.97. The van der Waals surface area contributed by atoms with Crippen LogP contribution in [0.3, 0.4) is 0 Å². The first-order chi connectivity index (χ1) is 11.1. The fourth-order valence-corrected chi connectivity index (χ4v) is 5.04. The molecule has 2 aliphatic carbocycles. The summed E-state index contributed by atoms with van der Waals surface area (Å²) >= 11 is 0. The summed E-state index contributed by atoms with van der Waals surface area (Å²) in [7, 11) is 0. The Labute approximate surface area is 143 Å². The van der Waals surface area contributed by atoms with Crippen molar-refractivity contribution in [1.29, 1.82) is 0 Å². The Kier molecular flexibility index (Phi) is 8.31. The highest BCUT2D eigenvalue weighted by molar-refractivity contribution is 4.91. The van der Waals surface area contributed by atoms with Crippen LogP contribution in [0.1, 0.15) is 77.0 Å². The van der Waals surface area contributed by atoms with Gasteiger partial charge in [-0.3, -0.25) is 0 Å². The summed E-state index contributed by atoms with van der Waals surface area (Å²) < 4.78 is 0. The summed E-state index contributed by atoms with van der Waals surface area (Å²) in [4.78, 5) is 0. The summed E-state index contributed by atoms with van der Waals surface area (Å²) in [6.07, 6.45) is 14.6. The number of rotatable bonds is 8. The molecule has 8 N–H and O–H groups in total. The molecule has 1 unspecified atom stereocenters. The lowest BCUT2D eigenvalue weighted by atomic mass is 9.65. The van der Waals surface area contributed by atoms with Gasteiger partial charge in [0.1, 0.15) is 0 Å². The van der Waals surface area contributed by atoms with E-state index in [-0.39, 0.29) is 0 Å². The van der Waals surface area contributed by atoms with Gasteiger partial charge in [-0.1, -0.05) is 12.8 Å². The van der Waals surface area contributed by atoms with Gasteiger partial charge in [0.05, 0.1) is 0 Å². The SMILES string of the molecule is NCCCCCC(N)C(C1CCC(N)CC1)C1CCC(N)CC1. The molecule has 0 radical (unpaired) electrons. The Morgan fingerprint density at radius 3 is 1.61 bits per heavy atom. The molecule has 0 amide bonds. The van der Waals surface area contributed by atoms with E-state index in [0.29, 0.717) is 24.0 Å². The average Bonchev–Trinajstić information content (AvgIpc) is 2.55. The molecule has 0 aromatic rings. The number of nitrogens with two attached hydrogens (primary N) is 4. The van der Waals surface area contributed by atoms with Gasteiger partial charge in [-0.25, -0.2) is 0 Å². The lowest BCUT2D eigenvalue weighted by Gasteiger charge is -2.43. The highest BCUT2D eigenvalue weighted by atomic mass is 14.7. The van der Waals surface area contributed by atoms with Gasteiger partial charge in [0, 0.05) is 18.1 Å². The van der Waals surface area contributed by atoms with Crippen molar-refractivity contribution in [2.75, 3.05) is 6.54 Å². The monoisotopic (exact) mass is 324 g/mol. The van der Waals surface area contributed by atoms with Gasteiger partial charge in [0.15, 0.2) is 0 Å². The highest BCUT2D eigenvalue weighted by Gasteiger charge is 2.36. The zero-order valence-corrected chi connectivity index (χ0v) is 15.0. The molecular weight excluding hydrogens is 284 g/mol. The minimum Gasteiger partial charge on any atom is -0.330 e. The third-order valence-corrected chi connectivity index (χ3v) is 6.46. The van der Waals surface area contributed by atoms with Crippen LogP contribution in [0.4, 0.5) is 0 Å². The van der Waals surface area contributed by atoms with E-state index in [4.69, 9.17) is 22.9 Å². The molecule has 23 heavy (non-hydrogen) atoms. The average molecular weight is 325 g/mol. The maximum Gasteiger partial charge on any atom is 0.00724 e. The second-order valence-corrected chi connectivity index (χ2v) is 8.23. The van der Waals surface area contributed by atoms with Gasteiger partial charge < -0.3 is 22.9 Å². The van der Waals surface area contributed by atoms with Gasteiger partial charge in [0.25, 0.3) is 0 Å². The van der Waals surface area contributed by atoms with Gasteiger partial charge in [-0.2, -0.15) is 0 Å². The van der Waals surface area contributed by atoms with Crippen molar-refractivity contribution in [3.63, 3.8) is 0 Å². The first-order valence-corrected chi connectivity index (χ1v) is 10.1. The van der Waals surface area contributed by atoms with Crippen molar-refractivity contribution in [2.45, 2.75) is 95.2 Å². The summed E-state index contributed by atoms with van der Waals surface area (Å²) in [6, 6.07) is 1.20. The molecule has 4 heteroatoms. The van der Waals surface area contributed by atoms with E-state index in [0.717, 1.165) is 31.2 Å². The zero-order chi connectivity index (χ0) is 16.7. The lowest BCUT2D eigenvalue weighted by Crippen LogP contribution is -2.44. The zero-order valence-electron chi connectivity index (χ0n) is 15.0. The molecule has 0 heterocycles. The topological polar surface area (TPSA) is 104 Å². The first-order valence-electron chi connectivity index (χ1n) is 10.1. The molecular formula is C19H40N4. The van der Waals surface area contributed by atoms with Crippen LogP contribution in [0, 0.1) is 17.8 Å². The molecule has 0 spiro atoms. The standard InChI is InChI=1S/C19H40N4/c20-13-3-1-2-4-18(23)19(14-5-9-16(21)10-6-14)15-7-11-17(22)12-8-15/h14-19H,1-13,20-23H2. The Bertz CT molecular complexity index is 284. The van der Waals surface area contributed by atoms with Gasteiger partial charge >= 0.3 is 0 Å². The Morgan fingerprint density at radius 1 is 0.696 bits per heavy atom. The predicted molar refractivity (Wildman–Crippen MR) is 98.9 cm³/mol. The number of unbranched alkanes of at least 4 members (excludes halogenated alkanes) is 2.